The number of aliphatic hydroxyl groups excluding tert-OH is 1. The molecule has 1 fully saturated rings. The van der Waals surface area contributed by atoms with Crippen LogP contribution in [0.25, 0.3) is 10.9 Å². The number of benzene rings is 1. The minimum atomic E-state index is -0.311. The third-order valence-electron chi connectivity index (χ3n) is 3.05. The van der Waals surface area contributed by atoms with Gasteiger partial charge in [0.05, 0.1) is 24.7 Å². The number of rotatable bonds is 4. The van der Waals surface area contributed by atoms with E-state index in [0.717, 1.165) is 29.5 Å². The minimum Gasteiger partial charge on any atom is -0.485 e. The summed E-state index contributed by atoms with van der Waals surface area (Å²) in [6.07, 6.45) is 4.34. The van der Waals surface area contributed by atoms with E-state index in [1.54, 1.807) is 0 Å². The number of fused-ring (bicyclic) bond motifs is 1. The van der Waals surface area contributed by atoms with Gasteiger partial charge in [-0.15, -0.1) is 0 Å². The number of nitrogens with zero attached hydrogens (tertiary/aromatic N) is 2. The average Bonchev–Trinajstić information content (AvgIpc) is 3.01. The SMILES string of the molecule is OCC1(Oc2ccc3c(cnn3PI)c2)CC1. The van der Waals surface area contributed by atoms with Gasteiger partial charge < -0.3 is 9.84 Å². The monoisotopic (exact) mass is 362 g/mol. The highest BCUT2D eigenvalue weighted by Gasteiger charge is 2.45. The highest BCUT2D eigenvalue weighted by Crippen LogP contribution is 2.40. The summed E-state index contributed by atoms with van der Waals surface area (Å²) in [4.78, 5) is 0. The van der Waals surface area contributed by atoms with Crippen molar-refractivity contribution < 1.29 is 9.84 Å². The maximum atomic E-state index is 9.23. The lowest BCUT2D eigenvalue weighted by atomic mass is 10.2. The Balaban J connectivity index is 1.92. The summed E-state index contributed by atoms with van der Waals surface area (Å²) < 4.78 is 7.80. The van der Waals surface area contributed by atoms with Gasteiger partial charge in [0, 0.05) is 5.39 Å². The van der Waals surface area contributed by atoms with Crippen LogP contribution >= 0.6 is 28.4 Å². The van der Waals surface area contributed by atoms with Crippen molar-refractivity contribution in [2.75, 3.05) is 6.61 Å². The maximum absolute atomic E-state index is 9.23. The molecule has 4 nitrogen and oxygen atoms in total. The van der Waals surface area contributed by atoms with Crippen LogP contribution in [0.15, 0.2) is 24.4 Å². The first-order chi connectivity index (χ1) is 8.26. The number of hydrogen-bond donors (Lipinski definition) is 1. The summed E-state index contributed by atoms with van der Waals surface area (Å²) in [7, 11) is 0. The molecular weight excluding hydrogens is 350 g/mol. The Bertz CT molecular complexity index is 553. The first-order valence-corrected chi connectivity index (χ1v) is 9.47. The topological polar surface area (TPSA) is 47.3 Å². The Morgan fingerprint density at radius 2 is 2.35 bits per heavy atom. The second kappa shape index (κ2) is 4.37. The largest absolute Gasteiger partial charge is 0.485 e. The molecule has 90 valence electrons. The molecule has 0 aliphatic heterocycles. The van der Waals surface area contributed by atoms with E-state index in [9.17, 15) is 5.11 Å². The van der Waals surface area contributed by atoms with Crippen LogP contribution in [0.5, 0.6) is 5.75 Å². The van der Waals surface area contributed by atoms with Crippen LogP contribution in [-0.2, 0) is 0 Å². The fraction of sp³-hybridized carbons (Fsp3) is 0.364. The van der Waals surface area contributed by atoms with Gasteiger partial charge in [0.1, 0.15) is 11.4 Å². The Kier molecular flexibility index (Phi) is 3.00. The molecule has 1 aromatic heterocycles. The highest BCUT2D eigenvalue weighted by molar-refractivity contribution is 14.2. The van der Waals surface area contributed by atoms with Crippen LogP contribution in [0.2, 0.25) is 0 Å². The molecule has 1 heterocycles. The predicted molar refractivity (Wildman–Crippen MR) is 77.1 cm³/mol. The molecule has 1 N–H and O–H groups in total. The summed E-state index contributed by atoms with van der Waals surface area (Å²) in [6, 6.07) is 5.97. The molecular formula is C11H12IN2O2P. The average molecular weight is 362 g/mol. The molecule has 17 heavy (non-hydrogen) atoms. The molecule has 1 aliphatic rings. The molecule has 0 bridgehead atoms. The van der Waals surface area contributed by atoms with Gasteiger partial charge in [0.25, 0.3) is 0 Å². The lowest BCUT2D eigenvalue weighted by molar-refractivity contribution is 0.0955. The second-order valence-corrected chi connectivity index (χ2v) is 6.34. The Morgan fingerprint density at radius 3 is 3.00 bits per heavy atom. The van der Waals surface area contributed by atoms with Gasteiger partial charge in [-0.05, 0) is 53.1 Å². The summed E-state index contributed by atoms with van der Waals surface area (Å²) in [6.45, 7) is 0.0967. The van der Waals surface area contributed by atoms with Crippen LogP contribution in [-0.4, -0.2) is 26.9 Å². The van der Waals surface area contributed by atoms with Gasteiger partial charge in [-0.2, -0.15) is 5.10 Å². The lowest BCUT2D eigenvalue weighted by Gasteiger charge is -2.15. The molecule has 1 saturated carbocycles. The van der Waals surface area contributed by atoms with Gasteiger partial charge in [-0.1, -0.05) is 0 Å². The zero-order chi connectivity index (χ0) is 11.9. The van der Waals surface area contributed by atoms with E-state index in [4.69, 9.17) is 4.74 Å². The van der Waals surface area contributed by atoms with E-state index in [-0.39, 0.29) is 12.2 Å². The maximum Gasteiger partial charge on any atom is 0.132 e. The van der Waals surface area contributed by atoms with Gasteiger partial charge in [0.15, 0.2) is 0 Å². The Labute approximate surface area is 114 Å². The molecule has 6 heteroatoms. The molecule has 1 aromatic carbocycles. The summed E-state index contributed by atoms with van der Waals surface area (Å²) >= 11 is 2.31. The van der Waals surface area contributed by atoms with Crippen LogP contribution < -0.4 is 4.74 Å². The predicted octanol–water partition coefficient (Wildman–Crippen LogP) is 2.73. The standard InChI is InChI=1S/C11H12IN2O2P/c12-17-14-10-2-1-9(5-8(10)6-13-14)16-11(7-15)3-4-11/h1-2,5-6,15,17H,3-4,7H2. The quantitative estimate of drug-likeness (QED) is 0.672. The van der Waals surface area contributed by atoms with Crippen LogP contribution in [0.4, 0.5) is 0 Å². The Hall–Kier alpha value is -0.390. The van der Waals surface area contributed by atoms with Gasteiger partial charge in [-0.25, -0.2) is 4.45 Å². The molecule has 0 radical (unpaired) electrons. The molecule has 1 aliphatic carbocycles. The number of aromatic nitrogens is 2. The molecule has 1 atom stereocenters. The fourth-order valence-electron chi connectivity index (χ4n) is 1.82. The van der Waals surface area contributed by atoms with Crippen LogP contribution in [0.3, 0.4) is 0 Å². The van der Waals surface area contributed by atoms with Crippen molar-refractivity contribution in [3.63, 3.8) is 0 Å². The summed E-state index contributed by atoms with van der Waals surface area (Å²) in [5.41, 5.74) is 0.813. The number of halogens is 1. The van der Waals surface area contributed by atoms with Crippen molar-refractivity contribution in [1.29, 1.82) is 0 Å². The first-order valence-electron chi connectivity index (χ1n) is 5.41. The smallest absolute Gasteiger partial charge is 0.132 e. The zero-order valence-electron chi connectivity index (χ0n) is 9.06. The summed E-state index contributed by atoms with van der Waals surface area (Å²) in [5, 5.41) is 14.6. The van der Waals surface area contributed by atoms with Crippen LogP contribution in [0, 0.1) is 0 Å². The first kappa shape index (κ1) is 11.7. The van der Waals surface area contributed by atoms with Gasteiger partial charge in [-0.3, -0.25) is 0 Å². The molecule has 3 rings (SSSR count). The second-order valence-electron chi connectivity index (χ2n) is 4.30. The lowest BCUT2D eigenvalue weighted by Crippen LogP contribution is -2.22. The third-order valence-corrected chi connectivity index (χ3v) is 4.94. The van der Waals surface area contributed by atoms with E-state index in [2.05, 4.69) is 27.1 Å². The van der Waals surface area contributed by atoms with Crippen LogP contribution in [0.1, 0.15) is 12.8 Å². The normalized spacial score (nSPS) is 18.0. The fourth-order valence-corrected chi connectivity index (χ4v) is 3.37. The summed E-state index contributed by atoms with van der Waals surface area (Å²) in [5.74, 6) is 0.820. The third kappa shape index (κ3) is 2.16. The van der Waals surface area contributed by atoms with Gasteiger partial charge in [0.2, 0.25) is 0 Å². The number of ether oxygens (including phenoxy) is 1. The number of hydrogen-bond acceptors (Lipinski definition) is 3. The van der Waals surface area contributed by atoms with Crippen molar-refractivity contribution >= 4 is 39.3 Å². The van der Waals surface area contributed by atoms with Crippen molar-refractivity contribution in [3.05, 3.63) is 24.4 Å². The molecule has 0 spiro atoms. The van der Waals surface area contributed by atoms with Crippen molar-refractivity contribution in [2.24, 2.45) is 0 Å². The van der Waals surface area contributed by atoms with E-state index in [1.807, 2.05) is 28.8 Å². The number of aliphatic hydroxyl groups is 1. The minimum absolute atomic E-state index is 0.0967. The van der Waals surface area contributed by atoms with Crippen molar-refractivity contribution in [3.8, 4) is 5.75 Å². The molecule has 0 saturated heterocycles. The van der Waals surface area contributed by atoms with E-state index < -0.39 is 0 Å². The Morgan fingerprint density at radius 1 is 1.53 bits per heavy atom. The molecule has 1 unspecified atom stereocenters. The van der Waals surface area contributed by atoms with Crippen molar-refractivity contribution in [2.45, 2.75) is 18.4 Å². The van der Waals surface area contributed by atoms with E-state index in [1.165, 1.54) is 0 Å². The van der Waals surface area contributed by atoms with E-state index >= 15 is 0 Å². The highest BCUT2D eigenvalue weighted by atomic mass is 127. The molecule has 2 aromatic rings. The van der Waals surface area contributed by atoms with Crippen molar-refractivity contribution in [1.82, 2.24) is 9.55 Å². The zero-order valence-corrected chi connectivity index (χ0v) is 12.2. The van der Waals surface area contributed by atoms with E-state index in [0.29, 0.717) is 6.37 Å². The van der Waals surface area contributed by atoms with Gasteiger partial charge >= 0.3 is 0 Å². The molecule has 0 amide bonds.